The minimum Gasteiger partial charge on any atom is -0.480 e. The largest absolute Gasteiger partial charge is 0.480 e. The van der Waals surface area contributed by atoms with Gasteiger partial charge < -0.3 is 10.0 Å². The molecule has 1 aromatic rings. The Morgan fingerprint density at radius 1 is 1.47 bits per heavy atom. The highest BCUT2D eigenvalue weighted by Crippen LogP contribution is 2.27. The summed E-state index contributed by atoms with van der Waals surface area (Å²) in [6.45, 7) is 0.795. The molecule has 1 aromatic heterocycles. The van der Waals surface area contributed by atoms with Gasteiger partial charge in [-0.05, 0) is 13.0 Å². The summed E-state index contributed by atoms with van der Waals surface area (Å²) >= 11 is 0. The third-order valence-electron chi connectivity index (χ3n) is 2.29. The van der Waals surface area contributed by atoms with Crippen molar-refractivity contribution in [1.29, 1.82) is 0 Å². The van der Waals surface area contributed by atoms with Crippen LogP contribution in [0.15, 0.2) is 12.3 Å². The van der Waals surface area contributed by atoms with Crippen molar-refractivity contribution >= 4 is 11.9 Å². The van der Waals surface area contributed by atoms with Crippen LogP contribution in [0.2, 0.25) is 0 Å². The van der Waals surface area contributed by atoms with Crippen LogP contribution in [0.4, 0.5) is 13.2 Å². The minimum atomic E-state index is -4.57. The normalized spacial score (nSPS) is 11.4. The molecule has 0 spiro atoms. The van der Waals surface area contributed by atoms with Crippen LogP contribution in [0.25, 0.3) is 0 Å². The van der Waals surface area contributed by atoms with Crippen LogP contribution >= 0.6 is 0 Å². The first-order valence-electron chi connectivity index (χ1n) is 5.34. The van der Waals surface area contributed by atoms with Gasteiger partial charge in [0, 0.05) is 12.7 Å². The lowest BCUT2D eigenvalue weighted by molar-refractivity contribution is -0.145. The molecule has 9 heteroatoms. The van der Waals surface area contributed by atoms with Gasteiger partial charge in [0.25, 0.3) is 0 Å². The highest BCUT2D eigenvalue weighted by Gasteiger charge is 2.33. The van der Waals surface area contributed by atoms with E-state index in [4.69, 9.17) is 5.11 Å². The summed E-state index contributed by atoms with van der Waals surface area (Å²) in [4.78, 5) is 23.2. The molecule has 0 aliphatic rings. The molecule has 1 amide bonds. The number of carboxylic acids is 1. The fourth-order valence-electron chi connectivity index (χ4n) is 1.38. The molecule has 1 N–H and O–H groups in total. The van der Waals surface area contributed by atoms with Crippen molar-refractivity contribution in [3.8, 4) is 0 Å². The van der Waals surface area contributed by atoms with Crippen molar-refractivity contribution < 1.29 is 27.9 Å². The number of amides is 1. The minimum absolute atomic E-state index is 0.151. The Hall–Kier alpha value is -2.06. The van der Waals surface area contributed by atoms with Gasteiger partial charge in [0.1, 0.15) is 13.1 Å². The number of halogens is 3. The van der Waals surface area contributed by atoms with Gasteiger partial charge in [-0.25, -0.2) is 0 Å². The Balaban J connectivity index is 2.71. The Kier molecular flexibility index (Phi) is 4.52. The Labute approximate surface area is 106 Å². The molecule has 0 aliphatic heterocycles. The van der Waals surface area contributed by atoms with E-state index in [9.17, 15) is 22.8 Å². The lowest BCUT2D eigenvalue weighted by Gasteiger charge is -2.18. The smallest absolute Gasteiger partial charge is 0.435 e. The average molecular weight is 279 g/mol. The average Bonchev–Trinajstić information content (AvgIpc) is 2.73. The van der Waals surface area contributed by atoms with Crippen molar-refractivity contribution in [2.45, 2.75) is 19.6 Å². The molecular formula is C10H12F3N3O3. The van der Waals surface area contributed by atoms with E-state index in [1.165, 1.54) is 0 Å². The SMILES string of the molecule is CCN(CC(=O)O)C(=O)Cn1ccc(C(F)(F)F)n1. The molecule has 0 aliphatic carbocycles. The van der Waals surface area contributed by atoms with E-state index in [1.807, 2.05) is 0 Å². The standard InChI is InChI=1S/C10H12F3N3O3/c1-2-15(6-9(18)19)8(17)5-16-4-3-7(14-16)10(11,12)13/h3-4H,2,5-6H2,1H3,(H,18,19). The monoisotopic (exact) mass is 279 g/mol. The molecule has 0 saturated carbocycles. The van der Waals surface area contributed by atoms with Crippen LogP contribution in [0.3, 0.4) is 0 Å². The highest BCUT2D eigenvalue weighted by molar-refractivity contribution is 5.81. The zero-order valence-electron chi connectivity index (χ0n) is 10.0. The molecule has 1 rings (SSSR count). The molecule has 106 valence electrons. The highest BCUT2D eigenvalue weighted by atomic mass is 19.4. The number of nitrogens with zero attached hydrogens (tertiary/aromatic N) is 3. The molecule has 0 fully saturated rings. The summed E-state index contributed by atoms with van der Waals surface area (Å²) in [5.74, 6) is -1.80. The summed E-state index contributed by atoms with van der Waals surface area (Å²) in [5.41, 5.74) is -1.10. The number of likely N-dealkylation sites (N-methyl/N-ethyl adjacent to an activating group) is 1. The van der Waals surface area contributed by atoms with Gasteiger partial charge >= 0.3 is 12.1 Å². The number of aliphatic carboxylic acids is 1. The molecule has 0 atom stereocenters. The second-order valence-corrected chi connectivity index (χ2v) is 3.70. The molecular weight excluding hydrogens is 267 g/mol. The van der Waals surface area contributed by atoms with Gasteiger partial charge in [0.2, 0.25) is 5.91 Å². The molecule has 0 radical (unpaired) electrons. The van der Waals surface area contributed by atoms with Gasteiger partial charge in [0.15, 0.2) is 5.69 Å². The first-order valence-corrected chi connectivity index (χ1v) is 5.34. The summed E-state index contributed by atoms with van der Waals surface area (Å²) in [7, 11) is 0. The quantitative estimate of drug-likeness (QED) is 0.866. The fraction of sp³-hybridized carbons (Fsp3) is 0.500. The zero-order valence-corrected chi connectivity index (χ0v) is 10.0. The van der Waals surface area contributed by atoms with E-state index >= 15 is 0 Å². The van der Waals surface area contributed by atoms with E-state index in [2.05, 4.69) is 5.10 Å². The second-order valence-electron chi connectivity index (χ2n) is 3.70. The third-order valence-corrected chi connectivity index (χ3v) is 2.29. The number of carbonyl (C=O) groups is 2. The van der Waals surface area contributed by atoms with Crippen molar-refractivity contribution in [2.24, 2.45) is 0 Å². The third kappa shape index (κ3) is 4.27. The van der Waals surface area contributed by atoms with Gasteiger partial charge in [-0.2, -0.15) is 18.3 Å². The maximum Gasteiger partial charge on any atom is 0.435 e. The lowest BCUT2D eigenvalue weighted by Crippen LogP contribution is -2.37. The van der Waals surface area contributed by atoms with Gasteiger partial charge in [-0.15, -0.1) is 0 Å². The van der Waals surface area contributed by atoms with Crippen molar-refractivity contribution in [3.05, 3.63) is 18.0 Å². The van der Waals surface area contributed by atoms with E-state index in [-0.39, 0.29) is 6.54 Å². The summed E-state index contributed by atoms with van der Waals surface area (Å²) in [6.07, 6.45) is -3.55. The van der Waals surface area contributed by atoms with Crippen molar-refractivity contribution in [2.75, 3.05) is 13.1 Å². The summed E-state index contributed by atoms with van der Waals surface area (Å²) in [5, 5.41) is 11.8. The van der Waals surface area contributed by atoms with E-state index in [0.29, 0.717) is 0 Å². The topological polar surface area (TPSA) is 75.4 Å². The lowest BCUT2D eigenvalue weighted by atomic mass is 10.4. The molecule has 0 saturated heterocycles. The van der Waals surface area contributed by atoms with Crippen molar-refractivity contribution in [1.82, 2.24) is 14.7 Å². The molecule has 1 heterocycles. The summed E-state index contributed by atoms with van der Waals surface area (Å²) < 4.78 is 37.7. The van der Waals surface area contributed by atoms with Crippen LogP contribution in [-0.2, 0) is 22.3 Å². The second kappa shape index (κ2) is 5.72. The number of alkyl halides is 3. The van der Waals surface area contributed by atoms with Crippen LogP contribution in [0, 0.1) is 0 Å². The Bertz CT molecular complexity index is 470. The zero-order chi connectivity index (χ0) is 14.6. The first kappa shape index (κ1) is 15.0. The maximum atomic E-state index is 12.3. The summed E-state index contributed by atoms with van der Waals surface area (Å²) in [6, 6.07) is 0.751. The molecule has 6 nitrogen and oxygen atoms in total. The van der Waals surface area contributed by atoms with Gasteiger partial charge in [-0.1, -0.05) is 0 Å². The molecule has 19 heavy (non-hydrogen) atoms. The first-order chi connectivity index (χ1) is 8.74. The number of carbonyl (C=O) groups excluding carboxylic acids is 1. The van der Waals surface area contributed by atoms with E-state index < -0.39 is 36.8 Å². The van der Waals surface area contributed by atoms with Crippen LogP contribution in [0.5, 0.6) is 0 Å². The predicted octanol–water partition coefficient (Wildman–Crippen LogP) is 0.835. The van der Waals surface area contributed by atoms with E-state index in [1.54, 1.807) is 6.92 Å². The predicted molar refractivity (Wildman–Crippen MR) is 57.1 cm³/mol. The number of hydrogen-bond acceptors (Lipinski definition) is 3. The molecule has 0 bridgehead atoms. The molecule has 0 aromatic carbocycles. The van der Waals surface area contributed by atoms with Gasteiger partial charge in [-0.3, -0.25) is 14.3 Å². The van der Waals surface area contributed by atoms with Crippen molar-refractivity contribution in [3.63, 3.8) is 0 Å². The van der Waals surface area contributed by atoms with Crippen LogP contribution in [-0.4, -0.2) is 44.8 Å². The number of aromatic nitrogens is 2. The van der Waals surface area contributed by atoms with Gasteiger partial charge in [0.05, 0.1) is 0 Å². The molecule has 0 unspecified atom stereocenters. The Morgan fingerprint density at radius 3 is 2.53 bits per heavy atom. The van der Waals surface area contributed by atoms with E-state index in [0.717, 1.165) is 21.8 Å². The number of carboxylic acid groups (broad SMARTS) is 1. The van der Waals surface area contributed by atoms with Crippen LogP contribution < -0.4 is 0 Å². The Morgan fingerprint density at radius 2 is 2.11 bits per heavy atom. The fourth-order valence-corrected chi connectivity index (χ4v) is 1.38. The number of rotatable bonds is 5. The van der Waals surface area contributed by atoms with Crippen LogP contribution in [0.1, 0.15) is 12.6 Å². The number of hydrogen-bond donors (Lipinski definition) is 1. The maximum absolute atomic E-state index is 12.3.